The molecule has 2 aromatic carbocycles. The van der Waals surface area contributed by atoms with Crippen LogP contribution in [0.3, 0.4) is 0 Å². The summed E-state index contributed by atoms with van der Waals surface area (Å²) >= 11 is 0. The minimum Gasteiger partial charge on any atom is -0.478 e. The Labute approximate surface area is 133 Å². The second kappa shape index (κ2) is 6.32. The van der Waals surface area contributed by atoms with E-state index in [1.807, 2.05) is 54.6 Å². The maximum Gasteiger partial charge on any atom is 0.328 e. The van der Waals surface area contributed by atoms with Crippen molar-refractivity contribution in [3.8, 4) is 0 Å². The van der Waals surface area contributed by atoms with E-state index in [-0.39, 0.29) is 5.91 Å². The predicted molar refractivity (Wildman–Crippen MR) is 89.9 cm³/mol. The first-order chi connectivity index (χ1) is 11.1. The van der Waals surface area contributed by atoms with Crippen LogP contribution in [0.15, 0.2) is 60.2 Å². The van der Waals surface area contributed by atoms with Crippen LogP contribution in [0.25, 0.3) is 12.2 Å². The van der Waals surface area contributed by atoms with Crippen LogP contribution in [-0.2, 0) is 16.0 Å². The van der Waals surface area contributed by atoms with Crippen molar-refractivity contribution in [3.63, 3.8) is 0 Å². The second-order valence-electron chi connectivity index (χ2n) is 5.30. The number of carbonyl (C=O) groups is 2. The van der Waals surface area contributed by atoms with Gasteiger partial charge in [-0.05, 0) is 34.9 Å². The zero-order valence-corrected chi connectivity index (χ0v) is 12.3. The summed E-state index contributed by atoms with van der Waals surface area (Å²) in [6, 6.07) is 15.1. The van der Waals surface area contributed by atoms with Crippen LogP contribution in [0.2, 0.25) is 0 Å². The number of aliphatic carboxylic acids is 1. The number of anilines is 1. The number of hydrogen-bond donors (Lipinski definition) is 2. The highest BCUT2D eigenvalue weighted by atomic mass is 16.4. The van der Waals surface area contributed by atoms with Crippen LogP contribution in [-0.4, -0.2) is 17.0 Å². The summed E-state index contributed by atoms with van der Waals surface area (Å²) in [6.07, 6.45) is 5.08. The minimum absolute atomic E-state index is 0.0847. The van der Waals surface area contributed by atoms with Crippen molar-refractivity contribution in [2.45, 2.75) is 6.42 Å². The van der Waals surface area contributed by atoms with Crippen LogP contribution in [0.1, 0.15) is 16.7 Å². The van der Waals surface area contributed by atoms with Crippen molar-refractivity contribution in [1.82, 2.24) is 0 Å². The Morgan fingerprint density at radius 2 is 1.74 bits per heavy atom. The van der Waals surface area contributed by atoms with Gasteiger partial charge in [0.05, 0.1) is 0 Å². The van der Waals surface area contributed by atoms with Gasteiger partial charge in [-0.1, -0.05) is 42.5 Å². The monoisotopic (exact) mass is 305 g/mol. The van der Waals surface area contributed by atoms with E-state index in [0.717, 1.165) is 28.5 Å². The fraction of sp³-hybridized carbons (Fsp3) is 0.0526. The third kappa shape index (κ3) is 3.55. The fourth-order valence-corrected chi connectivity index (χ4v) is 2.47. The molecule has 4 heteroatoms. The Bertz CT molecular complexity index is 817. The first-order valence-corrected chi connectivity index (χ1v) is 7.23. The van der Waals surface area contributed by atoms with E-state index in [1.54, 1.807) is 0 Å². The Balaban J connectivity index is 1.82. The molecule has 0 fully saturated rings. The van der Waals surface area contributed by atoms with Crippen LogP contribution in [0.4, 0.5) is 5.69 Å². The Hall–Kier alpha value is -3.14. The number of nitrogens with one attached hydrogen (secondary N) is 1. The zero-order valence-electron chi connectivity index (χ0n) is 12.3. The fourth-order valence-electron chi connectivity index (χ4n) is 2.47. The molecule has 1 heterocycles. The van der Waals surface area contributed by atoms with Crippen molar-refractivity contribution >= 4 is 29.7 Å². The Morgan fingerprint density at radius 3 is 2.48 bits per heavy atom. The summed E-state index contributed by atoms with van der Waals surface area (Å²) in [6.45, 7) is 0. The molecule has 0 aromatic heterocycles. The van der Waals surface area contributed by atoms with Crippen molar-refractivity contribution in [3.05, 3.63) is 76.9 Å². The molecule has 0 unspecified atom stereocenters. The van der Waals surface area contributed by atoms with Gasteiger partial charge in [0.25, 0.3) is 5.91 Å². The number of carboxylic acid groups (broad SMARTS) is 1. The molecular formula is C19H15NO3. The molecule has 0 atom stereocenters. The first kappa shape index (κ1) is 14.8. The quantitative estimate of drug-likeness (QED) is 0.854. The summed E-state index contributed by atoms with van der Waals surface area (Å²) < 4.78 is 0. The number of fused-ring (bicyclic) bond motifs is 1. The summed E-state index contributed by atoms with van der Waals surface area (Å²) in [4.78, 5) is 22.6. The van der Waals surface area contributed by atoms with E-state index >= 15 is 0 Å². The number of amides is 1. The van der Waals surface area contributed by atoms with Gasteiger partial charge < -0.3 is 10.4 Å². The number of para-hydroxylation sites is 1. The van der Waals surface area contributed by atoms with Crippen molar-refractivity contribution < 1.29 is 14.7 Å². The lowest BCUT2D eigenvalue weighted by molar-refractivity contribution is -0.131. The molecule has 0 bridgehead atoms. The molecule has 1 aliphatic rings. The molecule has 1 amide bonds. The molecule has 2 N–H and O–H groups in total. The van der Waals surface area contributed by atoms with E-state index in [2.05, 4.69) is 5.32 Å². The van der Waals surface area contributed by atoms with Crippen LogP contribution in [0, 0.1) is 0 Å². The maximum atomic E-state index is 12.1. The van der Waals surface area contributed by atoms with Gasteiger partial charge in [0, 0.05) is 23.8 Å². The number of hydrogen-bond acceptors (Lipinski definition) is 2. The molecule has 0 radical (unpaired) electrons. The molecular weight excluding hydrogens is 290 g/mol. The molecule has 0 saturated carbocycles. The van der Waals surface area contributed by atoms with Crippen molar-refractivity contribution in [2.24, 2.45) is 0 Å². The van der Waals surface area contributed by atoms with Gasteiger partial charge in [-0.3, -0.25) is 4.79 Å². The smallest absolute Gasteiger partial charge is 0.328 e. The number of rotatable bonds is 3. The Kier molecular flexibility index (Phi) is 4.06. The lowest BCUT2D eigenvalue weighted by atomic mass is 9.96. The molecule has 0 aliphatic carbocycles. The lowest BCUT2D eigenvalue weighted by Crippen LogP contribution is -2.21. The van der Waals surface area contributed by atoms with Gasteiger partial charge in [0.15, 0.2) is 0 Å². The normalized spacial score (nSPS) is 15.5. The largest absolute Gasteiger partial charge is 0.478 e. The zero-order chi connectivity index (χ0) is 16.2. The Morgan fingerprint density at radius 1 is 1.04 bits per heavy atom. The SMILES string of the molecule is O=C(O)/C=C/c1ccc(/C=C2\Cc3ccccc3NC2=O)cc1. The summed E-state index contributed by atoms with van der Waals surface area (Å²) in [7, 11) is 0. The summed E-state index contributed by atoms with van der Waals surface area (Å²) in [5, 5.41) is 11.5. The molecule has 3 rings (SSSR count). The second-order valence-corrected chi connectivity index (χ2v) is 5.30. The first-order valence-electron chi connectivity index (χ1n) is 7.23. The van der Waals surface area contributed by atoms with Gasteiger partial charge in [0.2, 0.25) is 0 Å². The van der Waals surface area contributed by atoms with Crippen LogP contribution in [0.5, 0.6) is 0 Å². The van der Waals surface area contributed by atoms with Gasteiger partial charge in [-0.25, -0.2) is 4.79 Å². The molecule has 0 saturated heterocycles. The minimum atomic E-state index is -0.978. The molecule has 2 aromatic rings. The maximum absolute atomic E-state index is 12.1. The highest BCUT2D eigenvalue weighted by Crippen LogP contribution is 2.26. The van der Waals surface area contributed by atoms with Crippen molar-refractivity contribution in [1.29, 1.82) is 0 Å². The molecule has 23 heavy (non-hydrogen) atoms. The lowest BCUT2D eigenvalue weighted by Gasteiger charge is -2.19. The van der Waals surface area contributed by atoms with E-state index in [9.17, 15) is 9.59 Å². The van der Waals surface area contributed by atoms with Gasteiger partial charge in [-0.2, -0.15) is 0 Å². The topological polar surface area (TPSA) is 66.4 Å². The number of carbonyl (C=O) groups excluding carboxylic acids is 1. The van der Waals surface area contributed by atoms with Gasteiger partial charge in [-0.15, -0.1) is 0 Å². The third-order valence-corrected chi connectivity index (χ3v) is 3.63. The average Bonchev–Trinajstić information content (AvgIpc) is 2.55. The standard InChI is InChI=1S/C19H15NO3/c21-18(22)10-9-13-5-7-14(8-6-13)11-16-12-15-3-1-2-4-17(15)20-19(16)23/h1-11H,12H2,(H,20,23)(H,21,22)/b10-9+,16-11+. The molecule has 114 valence electrons. The highest BCUT2D eigenvalue weighted by molar-refractivity contribution is 6.09. The molecule has 1 aliphatic heterocycles. The third-order valence-electron chi connectivity index (χ3n) is 3.63. The predicted octanol–water partition coefficient (Wildman–Crippen LogP) is 3.36. The van der Waals surface area contributed by atoms with Crippen LogP contribution < -0.4 is 5.32 Å². The van der Waals surface area contributed by atoms with E-state index < -0.39 is 5.97 Å². The molecule has 0 spiro atoms. The number of carboxylic acids is 1. The molecule has 4 nitrogen and oxygen atoms in total. The average molecular weight is 305 g/mol. The van der Waals surface area contributed by atoms with Gasteiger partial charge >= 0.3 is 5.97 Å². The highest BCUT2D eigenvalue weighted by Gasteiger charge is 2.19. The summed E-state index contributed by atoms with van der Waals surface area (Å²) in [5.74, 6) is -1.06. The van der Waals surface area contributed by atoms with E-state index in [0.29, 0.717) is 12.0 Å². The van der Waals surface area contributed by atoms with E-state index in [1.165, 1.54) is 6.08 Å². The van der Waals surface area contributed by atoms with E-state index in [4.69, 9.17) is 5.11 Å². The summed E-state index contributed by atoms with van der Waals surface area (Å²) in [5.41, 5.74) is 4.37. The van der Waals surface area contributed by atoms with Gasteiger partial charge in [0.1, 0.15) is 0 Å². The number of benzene rings is 2. The van der Waals surface area contributed by atoms with Crippen LogP contribution >= 0.6 is 0 Å². The van der Waals surface area contributed by atoms with Crippen molar-refractivity contribution in [2.75, 3.05) is 5.32 Å².